The number of hydrogen-bond acceptors (Lipinski definition) is 7. The van der Waals surface area contributed by atoms with Crippen LogP contribution in [0.4, 0.5) is 5.82 Å². The maximum atomic E-state index is 13.7. The lowest BCUT2D eigenvalue weighted by molar-refractivity contribution is 0.423. The van der Waals surface area contributed by atoms with Gasteiger partial charge in [-0.05, 0) is 31.7 Å². The summed E-state index contributed by atoms with van der Waals surface area (Å²) in [7, 11) is 0. The van der Waals surface area contributed by atoms with Gasteiger partial charge in [-0.3, -0.25) is 0 Å². The van der Waals surface area contributed by atoms with Crippen molar-refractivity contribution < 1.29 is 0 Å². The zero-order chi connectivity index (χ0) is 24.0. The molecule has 176 valence electrons. The Morgan fingerprint density at radius 1 is 1.06 bits per heavy atom. The van der Waals surface area contributed by atoms with Gasteiger partial charge in [-0.25, -0.2) is 24.3 Å². The van der Waals surface area contributed by atoms with Gasteiger partial charge in [0.15, 0.2) is 5.65 Å². The second-order valence-corrected chi connectivity index (χ2v) is 10.1. The summed E-state index contributed by atoms with van der Waals surface area (Å²) in [5, 5.41) is 4.57. The summed E-state index contributed by atoms with van der Waals surface area (Å²) >= 11 is 12.8. The average molecular weight is 490 g/mol. The Hall–Kier alpha value is -2.29. The molecular weight excluding hydrogens is 461 g/mol. The normalized spacial score (nSPS) is 19.2. The van der Waals surface area contributed by atoms with Crippen LogP contribution in [0.2, 0.25) is 10.2 Å². The van der Waals surface area contributed by atoms with Gasteiger partial charge in [0, 0.05) is 25.2 Å². The Labute approximate surface area is 203 Å². The fourth-order valence-corrected chi connectivity index (χ4v) is 4.59. The molecule has 1 N–H and O–H groups in total. The van der Waals surface area contributed by atoms with Gasteiger partial charge in [0.2, 0.25) is 0 Å². The van der Waals surface area contributed by atoms with Gasteiger partial charge < -0.3 is 10.2 Å². The van der Waals surface area contributed by atoms with Crippen molar-refractivity contribution in [1.29, 1.82) is 0 Å². The maximum absolute atomic E-state index is 13.7. The first-order valence-electron chi connectivity index (χ1n) is 11.2. The maximum Gasteiger partial charge on any atom is 0.355 e. The van der Waals surface area contributed by atoms with Crippen LogP contribution in [0.5, 0.6) is 0 Å². The number of aromatic nitrogens is 5. The van der Waals surface area contributed by atoms with Gasteiger partial charge in [0.25, 0.3) is 0 Å². The lowest BCUT2D eigenvalue weighted by Crippen LogP contribution is -2.55. The Bertz CT molecular complexity index is 1230. The predicted octanol–water partition coefficient (Wildman–Crippen LogP) is 4.31. The second kappa shape index (κ2) is 9.16. The van der Waals surface area contributed by atoms with Gasteiger partial charge in [-0.1, -0.05) is 50.9 Å². The summed E-state index contributed by atoms with van der Waals surface area (Å²) in [6, 6.07) is 2.13. The van der Waals surface area contributed by atoms with E-state index in [0.717, 1.165) is 17.9 Å². The highest BCUT2D eigenvalue weighted by molar-refractivity contribution is 6.41. The molecule has 0 unspecified atom stereocenters. The number of pyridine rings is 1. The summed E-state index contributed by atoms with van der Waals surface area (Å²) < 4.78 is 1.50. The molecular formula is C23H29Cl2N7O. The van der Waals surface area contributed by atoms with Gasteiger partial charge in [0.1, 0.15) is 17.3 Å². The first kappa shape index (κ1) is 23.9. The van der Waals surface area contributed by atoms with Crippen LogP contribution in [0, 0.1) is 0 Å². The summed E-state index contributed by atoms with van der Waals surface area (Å²) in [4.78, 5) is 34.0. The van der Waals surface area contributed by atoms with Gasteiger partial charge in [0.05, 0.1) is 27.5 Å². The van der Waals surface area contributed by atoms with E-state index in [1.54, 1.807) is 12.4 Å². The van der Waals surface area contributed by atoms with Crippen molar-refractivity contribution in [2.24, 2.45) is 0 Å². The van der Waals surface area contributed by atoms with Crippen molar-refractivity contribution in [3.63, 3.8) is 0 Å². The zero-order valence-electron chi connectivity index (χ0n) is 19.7. The van der Waals surface area contributed by atoms with E-state index < -0.39 is 5.69 Å². The number of fused-ring (bicyclic) bond motifs is 1. The molecule has 1 fully saturated rings. The topological polar surface area (TPSA) is 88.8 Å². The van der Waals surface area contributed by atoms with Crippen LogP contribution in [-0.4, -0.2) is 49.7 Å². The molecule has 8 nitrogen and oxygen atoms in total. The predicted molar refractivity (Wildman–Crippen MR) is 133 cm³/mol. The molecule has 33 heavy (non-hydrogen) atoms. The minimum atomic E-state index is -0.444. The van der Waals surface area contributed by atoms with E-state index >= 15 is 0 Å². The second-order valence-electron chi connectivity index (χ2n) is 9.30. The van der Waals surface area contributed by atoms with E-state index in [1.165, 1.54) is 4.57 Å². The molecule has 2 atom stereocenters. The van der Waals surface area contributed by atoms with Gasteiger partial charge in [-0.2, -0.15) is 4.98 Å². The molecule has 1 aliphatic rings. The minimum absolute atomic E-state index is 0.0546. The highest BCUT2D eigenvalue weighted by Gasteiger charge is 2.29. The van der Waals surface area contributed by atoms with Crippen LogP contribution < -0.4 is 15.9 Å². The highest BCUT2D eigenvalue weighted by Crippen LogP contribution is 2.34. The fraction of sp³-hybridized carbons (Fsp3) is 0.522. The van der Waals surface area contributed by atoms with Crippen molar-refractivity contribution in [2.75, 3.05) is 18.0 Å². The lowest BCUT2D eigenvalue weighted by Gasteiger charge is -2.38. The Morgan fingerprint density at radius 3 is 2.30 bits per heavy atom. The van der Waals surface area contributed by atoms with E-state index in [2.05, 4.69) is 44.0 Å². The van der Waals surface area contributed by atoms with Crippen LogP contribution in [0.3, 0.4) is 0 Å². The molecule has 4 heterocycles. The average Bonchev–Trinajstić information content (AvgIpc) is 2.75. The third kappa shape index (κ3) is 4.32. The number of rotatable bonds is 4. The molecule has 4 rings (SSSR count). The molecule has 0 saturated carbocycles. The van der Waals surface area contributed by atoms with Crippen LogP contribution in [0.25, 0.3) is 16.7 Å². The summed E-state index contributed by atoms with van der Waals surface area (Å²) in [6.45, 7) is 13.8. The first-order chi connectivity index (χ1) is 15.6. The van der Waals surface area contributed by atoms with Crippen molar-refractivity contribution in [1.82, 2.24) is 29.8 Å². The lowest BCUT2D eigenvalue weighted by atomic mass is 10.0. The molecule has 1 aliphatic heterocycles. The standard InChI is InChI=1S/C23H29Cl2N7O/c1-11(2)17-19(18(12(3)4)28-10-27-17)32-22-15(7-16(24)20(25)29-22)21(30-23(32)33)31-9-13(5)26-8-14(31)6/h7,10-14,26H,8-9H2,1-6H3/t13-,14+/m1/s1. The van der Waals surface area contributed by atoms with Crippen LogP contribution in [0.15, 0.2) is 17.2 Å². The summed E-state index contributed by atoms with van der Waals surface area (Å²) in [5.74, 6) is 0.671. The van der Waals surface area contributed by atoms with Gasteiger partial charge in [-0.15, -0.1) is 0 Å². The van der Waals surface area contributed by atoms with Crippen LogP contribution >= 0.6 is 23.2 Å². The molecule has 0 aliphatic carbocycles. The molecule has 3 aromatic heterocycles. The largest absolute Gasteiger partial charge is 0.355 e. The molecule has 0 aromatic carbocycles. The van der Waals surface area contributed by atoms with E-state index in [9.17, 15) is 4.79 Å². The number of piperazine rings is 1. The highest BCUT2D eigenvalue weighted by atomic mass is 35.5. The van der Waals surface area contributed by atoms with Crippen LogP contribution in [0.1, 0.15) is 64.8 Å². The van der Waals surface area contributed by atoms with E-state index in [1.807, 2.05) is 27.7 Å². The zero-order valence-corrected chi connectivity index (χ0v) is 21.2. The minimum Gasteiger partial charge on any atom is -0.350 e. The third-order valence-corrected chi connectivity index (χ3v) is 6.66. The van der Waals surface area contributed by atoms with Crippen LogP contribution in [-0.2, 0) is 0 Å². The van der Waals surface area contributed by atoms with E-state index in [-0.39, 0.29) is 29.1 Å². The quantitative estimate of drug-likeness (QED) is 0.545. The summed E-state index contributed by atoms with van der Waals surface area (Å²) in [5.41, 5.74) is 2.08. The Morgan fingerprint density at radius 2 is 1.70 bits per heavy atom. The van der Waals surface area contributed by atoms with Crippen molar-refractivity contribution in [3.05, 3.63) is 44.4 Å². The molecule has 1 saturated heterocycles. The Kier molecular flexibility index (Phi) is 6.62. The third-order valence-electron chi connectivity index (χ3n) is 5.99. The SMILES string of the molecule is CC(C)c1ncnc(C(C)C)c1-n1c(=O)nc(N2C[C@@H](C)NC[C@@H]2C)c2cc(Cl)c(Cl)nc21. The molecule has 3 aromatic rings. The summed E-state index contributed by atoms with van der Waals surface area (Å²) in [6.07, 6.45) is 1.55. The van der Waals surface area contributed by atoms with Crippen molar-refractivity contribution in [3.8, 4) is 5.69 Å². The Balaban J connectivity index is 2.11. The van der Waals surface area contributed by atoms with E-state index in [0.29, 0.717) is 34.1 Å². The van der Waals surface area contributed by atoms with E-state index in [4.69, 9.17) is 23.2 Å². The number of hydrogen-bond donors (Lipinski definition) is 1. The van der Waals surface area contributed by atoms with Gasteiger partial charge >= 0.3 is 5.69 Å². The smallest absolute Gasteiger partial charge is 0.350 e. The number of nitrogens with one attached hydrogen (secondary N) is 1. The van der Waals surface area contributed by atoms with Crippen molar-refractivity contribution >= 4 is 40.1 Å². The number of nitrogens with zero attached hydrogens (tertiary/aromatic N) is 6. The molecule has 0 radical (unpaired) electrons. The fourth-order valence-electron chi connectivity index (χ4n) is 4.30. The number of anilines is 1. The monoisotopic (exact) mass is 489 g/mol. The molecule has 10 heteroatoms. The van der Waals surface area contributed by atoms with Crippen molar-refractivity contribution in [2.45, 2.75) is 65.5 Å². The molecule has 0 bridgehead atoms. The molecule has 0 spiro atoms. The molecule has 0 amide bonds. The first-order valence-corrected chi connectivity index (χ1v) is 12.0. The number of halogens is 2.